The third-order valence-electron chi connectivity index (χ3n) is 3.91. The fraction of sp³-hybridized carbons (Fsp3) is 0.917. The summed E-state index contributed by atoms with van der Waals surface area (Å²) in [5, 5.41) is 4.14. The lowest BCUT2D eigenvalue weighted by molar-refractivity contribution is -0.00257. The molecule has 1 atom stereocenters. The first-order valence-electron chi connectivity index (χ1n) is 6.20. The first kappa shape index (κ1) is 12.1. The Morgan fingerprint density at radius 1 is 1.31 bits per heavy atom. The predicted octanol–water partition coefficient (Wildman–Crippen LogP) is 2.26. The average molecular weight is 242 g/mol. The summed E-state index contributed by atoms with van der Waals surface area (Å²) in [6, 6.07) is 0.601. The first-order valence-corrected chi connectivity index (χ1v) is 6.61. The number of nitrogens with one attached hydrogen (secondary N) is 1. The minimum absolute atomic E-state index is 0.0157. The number of methoxy groups -OCH3 is 1. The quantitative estimate of drug-likeness (QED) is 0.751. The van der Waals surface area contributed by atoms with Crippen molar-refractivity contribution >= 4 is 17.3 Å². The predicted molar refractivity (Wildman–Crippen MR) is 69.3 cm³/mol. The molecular formula is C12H22N2OS. The Morgan fingerprint density at radius 2 is 1.94 bits per heavy atom. The van der Waals surface area contributed by atoms with Gasteiger partial charge in [-0.05, 0) is 38.9 Å². The van der Waals surface area contributed by atoms with Crippen molar-refractivity contribution in [3.63, 3.8) is 0 Å². The van der Waals surface area contributed by atoms with E-state index in [9.17, 15) is 0 Å². The van der Waals surface area contributed by atoms with Gasteiger partial charge in [0.05, 0.1) is 5.54 Å². The van der Waals surface area contributed by atoms with Crippen molar-refractivity contribution in [2.75, 3.05) is 7.11 Å². The summed E-state index contributed by atoms with van der Waals surface area (Å²) in [6.45, 7) is 4.42. The van der Waals surface area contributed by atoms with E-state index in [2.05, 4.69) is 24.1 Å². The molecule has 1 heterocycles. The lowest BCUT2D eigenvalue weighted by Crippen LogP contribution is -2.52. The van der Waals surface area contributed by atoms with Crippen LogP contribution in [0.3, 0.4) is 0 Å². The van der Waals surface area contributed by atoms with Crippen LogP contribution in [0.4, 0.5) is 0 Å². The molecule has 0 aromatic rings. The summed E-state index contributed by atoms with van der Waals surface area (Å²) < 4.78 is 5.48. The number of nitrogens with zero attached hydrogens (tertiary/aromatic N) is 1. The molecule has 3 nitrogen and oxygen atoms in total. The van der Waals surface area contributed by atoms with Gasteiger partial charge in [0, 0.05) is 13.2 Å². The van der Waals surface area contributed by atoms with Crippen molar-refractivity contribution in [3.8, 4) is 0 Å². The van der Waals surface area contributed by atoms with Gasteiger partial charge in [-0.1, -0.05) is 19.3 Å². The van der Waals surface area contributed by atoms with E-state index >= 15 is 0 Å². The third-order valence-corrected chi connectivity index (χ3v) is 4.23. The molecule has 0 aromatic heterocycles. The van der Waals surface area contributed by atoms with E-state index in [1.54, 1.807) is 7.11 Å². The zero-order valence-corrected chi connectivity index (χ0v) is 11.3. The SMILES string of the molecule is CO[C@@H]1NC(=S)N(C2CCCCC2)C1(C)C. The van der Waals surface area contributed by atoms with Gasteiger partial charge in [0.15, 0.2) is 11.3 Å². The molecule has 2 aliphatic rings. The van der Waals surface area contributed by atoms with E-state index in [0.717, 1.165) is 5.11 Å². The van der Waals surface area contributed by atoms with Crippen molar-refractivity contribution in [1.29, 1.82) is 0 Å². The molecular weight excluding hydrogens is 220 g/mol. The second-order valence-electron chi connectivity index (χ2n) is 5.38. The van der Waals surface area contributed by atoms with E-state index in [1.807, 2.05) is 0 Å². The van der Waals surface area contributed by atoms with E-state index in [1.165, 1.54) is 32.1 Å². The Hall–Kier alpha value is -0.350. The van der Waals surface area contributed by atoms with Crippen LogP contribution in [-0.2, 0) is 4.74 Å². The standard InChI is InChI=1S/C12H22N2OS/c1-12(2)10(15-3)13-11(16)14(12)9-7-5-4-6-8-9/h9-10H,4-8H2,1-3H3,(H,13,16)/t10-/m0/s1. The molecule has 0 bridgehead atoms. The maximum absolute atomic E-state index is 5.48. The Balaban J connectivity index is 2.15. The van der Waals surface area contributed by atoms with Crippen molar-refractivity contribution < 1.29 is 4.74 Å². The highest BCUT2D eigenvalue weighted by molar-refractivity contribution is 7.80. The molecule has 92 valence electrons. The highest BCUT2D eigenvalue weighted by Gasteiger charge is 2.47. The molecule has 0 radical (unpaired) electrons. The van der Waals surface area contributed by atoms with Crippen molar-refractivity contribution in [2.24, 2.45) is 0 Å². The zero-order chi connectivity index (χ0) is 11.8. The van der Waals surface area contributed by atoms with Crippen LogP contribution in [0.2, 0.25) is 0 Å². The second kappa shape index (κ2) is 4.49. The van der Waals surface area contributed by atoms with Crippen molar-refractivity contribution in [2.45, 2.75) is 63.8 Å². The molecule has 1 saturated carbocycles. The van der Waals surface area contributed by atoms with Gasteiger partial charge in [-0.15, -0.1) is 0 Å². The molecule has 1 N–H and O–H groups in total. The molecule has 0 amide bonds. The number of rotatable bonds is 2. The molecule has 4 heteroatoms. The van der Waals surface area contributed by atoms with E-state index in [0.29, 0.717) is 6.04 Å². The van der Waals surface area contributed by atoms with E-state index in [-0.39, 0.29) is 11.8 Å². The van der Waals surface area contributed by atoms with Gasteiger partial charge in [0.25, 0.3) is 0 Å². The van der Waals surface area contributed by atoms with Crippen LogP contribution in [0.25, 0.3) is 0 Å². The van der Waals surface area contributed by atoms with E-state index in [4.69, 9.17) is 17.0 Å². The van der Waals surface area contributed by atoms with Crippen molar-refractivity contribution in [3.05, 3.63) is 0 Å². The third kappa shape index (κ3) is 1.93. The molecule has 0 aromatic carbocycles. The van der Waals surface area contributed by atoms with Gasteiger partial charge in [0.1, 0.15) is 0 Å². The van der Waals surface area contributed by atoms with Gasteiger partial charge in [-0.25, -0.2) is 0 Å². The Labute approximate surface area is 104 Å². The summed E-state index contributed by atoms with van der Waals surface area (Å²) >= 11 is 5.45. The molecule has 0 spiro atoms. The van der Waals surface area contributed by atoms with Crippen LogP contribution < -0.4 is 5.32 Å². The van der Waals surface area contributed by atoms with Crippen molar-refractivity contribution in [1.82, 2.24) is 10.2 Å². The maximum atomic E-state index is 5.48. The van der Waals surface area contributed by atoms with Gasteiger partial charge in [-0.3, -0.25) is 0 Å². The van der Waals surface area contributed by atoms with Crippen LogP contribution in [0.5, 0.6) is 0 Å². The minimum atomic E-state index is -0.0339. The first-order chi connectivity index (χ1) is 7.57. The number of hydrogen-bond donors (Lipinski definition) is 1. The lowest BCUT2D eigenvalue weighted by Gasteiger charge is -2.41. The summed E-state index contributed by atoms with van der Waals surface area (Å²) in [5.41, 5.74) is -0.0339. The molecule has 2 rings (SSSR count). The topological polar surface area (TPSA) is 24.5 Å². The second-order valence-corrected chi connectivity index (χ2v) is 5.77. The highest BCUT2D eigenvalue weighted by Crippen LogP contribution is 2.34. The fourth-order valence-corrected chi connectivity index (χ4v) is 3.56. The Morgan fingerprint density at radius 3 is 2.44 bits per heavy atom. The van der Waals surface area contributed by atoms with Crippen LogP contribution in [0.1, 0.15) is 46.0 Å². The van der Waals surface area contributed by atoms with E-state index < -0.39 is 0 Å². The highest BCUT2D eigenvalue weighted by atomic mass is 32.1. The molecule has 1 saturated heterocycles. The molecule has 1 aliphatic carbocycles. The summed E-state index contributed by atoms with van der Waals surface area (Å²) in [7, 11) is 1.74. The van der Waals surface area contributed by atoms with Gasteiger partial charge in [0.2, 0.25) is 0 Å². The molecule has 0 unspecified atom stereocenters. The summed E-state index contributed by atoms with van der Waals surface area (Å²) in [4.78, 5) is 2.37. The van der Waals surface area contributed by atoms with Crippen LogP contribution in [0, 0.1) is 0 Å². The van der Waals surface area contributed by atoms with Gasteiger partial charge >= 0.3 is 0 Å². The monoisotopic (exact) mass is 242 g/mol. The Bertz CT molecular complexity index is 274. The number of ether oxygens (including phenoxy) is 1. The molecule has 2 fully saturated rings. The van der Waals surface area contributed by atoms with Gasteiger partial charge < -0.3 is 15.0 Å². The minimum Gasteiger partial charge on any atom is -0.359 e. The Kier molecular flexibility index (Phi) is 3.40. The number of hydrogen-bond acceptors (Lipinski definition) is 2. The lowest BCUT2D eigenvalue weighted by atomic mass is 9.91. The smallest absolute Gasteiger partial charge is 0.171 e. The molecule has 16 heavy (non-hydrogen) atoms. The normalized spacial score (nSPS) is 30.6. The average Bonchev–Trinajstić information content (AvgIpc) is 2.49. The van der Waals surface area contributed by atoms with Crippen LogP contribution in [-0.4, -0.2) is 34.9 Å². The van der Waals surface area contributed by atoms with Crippen LogP contribution in [0.15, 0.2) is 0 Å². The maximum Gasteiger partial charge on any atom is 0.171 e. The zero-order valence-electron chi connectivity index (χ0n) is 10.5. The summed E-state index contributed by atoms with van der Waals surface area (Å²) in [5.74, 6) is 0. The van der Waals surface area contributed by atoms with Crippen LogP contribution >= 0.6 is 12.2 Å². The number of thiocarbonyl (C=S) groups is 1. The van der Waals surface area contributed by atoms with Gasteiger partial charge in [-0.2, -0.15) is 0 Å². The fourth-order valence-electron chi connectivity index (χ4n) is 3.07. The largest absolute Gasteiger partial charge is 0.359 e. The summed E-state index contributed by atoms with van der Waals surface area (Å²) in [6.07, 6.45) is 6.58. The molecule has 1 aliphatic heterocycles.